The average molecular weight is 1090 g/mol. The van der Waals surface area contributed by atoms with E-state index < -0.39 is 6.10 Å². The maximum atomic E-state index is 12.9. The van der Waals surface area contributed by atoms with Crippen LogP contribution in [0.25, 0.3) is 0 Å². The van der Waals surface area contributed by atoms with Crippen LogP contribution in [0.5, 0.6) is 0 Å². The van der Waals surface area contributed by atoms with E-state index in [1.807, 2.05) is 0 Å². The summed E-state index contributed by atoms with van der Waals surface area (Å²) in [5, 5.41) is 0. The van der Waals surface area contributed by atoms with Crippen LogP contribution in [0.3, 0.4) is 0 Å². The van der Waals surface area contributed by atoms with Crippen molar-refractivity contribution >= 4 is 17.9 Å². The van der Waals surface area contributed by atoms with Crippen LogP contribution in [0.2, 0.25) is 0 Å². The first kappa shape index (κ1) is 74.3. The molecule has 6 heteroatoms. The minimum atomic E-state index is -0.779. The number of carbonyl (C=O) groups is 3. The van der Waals surface area contributed by atoms with E-state index in [2.05, 4.69) is 118 Å². The van der Waals surface area contributed by atoms with Crippen LogP contribution in [-0.2, 0) is 28.6 Å². The molecule has 0 aromatic heterocycles. The van der Waals surface area contributed by atoms with Gasteiger partial charge in [-0.1, -0.05) is 298 Å². The number of hydrogen-bond acceptors (Lipinski definition) is 6. The van der Waals surface area contributed by atoms with Gasteiger partial charge in [0.05, 0.1) is 0 Å². The van der Waals surface area contributed by atoms with Crippen LogP contribution in [0.4, 0.5) is 0 Å². The summed E-state index contributed by atoms with van der Waals surface area (Å²) in [5.41, 5.74) is 0. The van der Waals surface area contributed by atoms with Gasteiger partial charge in [0.25, 0.3) is 0 Å². The highest BCUT2D eigenvalue weighted by Gasteiger charge is 2.19. The van der Waals surface area contributed by atoms with E-state index in [9.17, 15) is 14.4 Å². The monoisotopic (exact) mass is 1080 g/mol. The van der Waals surface area contributed by atoms with Crippen molar-refractivity contribution in [3.05, 3.63) is 97.2 Å². The summed E-state index contributed by atoms with van der Waals surface area (Å²) in [6.45, 7) is 6.51. The molecule has 0 saturated carbocycles. The van der Waals surface area contributed by atoms with Gasteiger partial charge in [-0.05, 0) is 103 Å². The third kappa shape index (κ3) is 63.2. The molecule has 1 unspecified atom stereocenters. The van der Waals surface area contributed by atoms with Crippen LogP contribution in [0, 0.1) is 0 Å². The SMILES string of the molecule is CC/C=C\C/C=C\C/C=C\C/C=C\C/C=C\C/C=C\CCCCCCCCCCCCCCCCC(=O)OCC(COC(=O)CCCCCCCCCCCC)OC(=O)CCCCCCCCC/C=C\C/C=C\CCCCC. The Labute approximate surface area is 483 Å². The van der Waals surface area contributed by atoms with Crippen LogP contribution >= 0.6 is 0 Å². The Morgan fingerprint density at radius 1 is 0.269 bits per heavy atom. The summed E-state index contributed by atoms with van der Waals surface area (Å²) >= 11 is 0. The number of ether oxygens (including phenoxy) is 3. The van der Waals surface area contributed by atoms with E-state index in [0.29, 0.717) is 19.3 Å². The van der Waals surface area contributed by atoms with Crippen molar-refractivity contribution in [2.45, 2.75) is 329 Å². The number of allylic oxidation sites excluding steroid dienone is 16. The van der Waals surface area contributed by atoms with Gasteiger partial charge in [-0.15, -0.1) is 0 Å². The second kappa shape index (κ2) is 65.8. The minimum Gasteiger partial charge on any atom is -0.462 e. The topological polar surface area (TPSA) is 78.9 Å². The number of unbranched alkanes of at least 4 members (excludes halogenated alkanes) is 33. The number of esters is 3. The quantitative estimate of drug-likeness (QED) is 0.0261. The Bertz CT molecular complexity index is 1530. The van der Waals surface area contributed by atoms with Gasteiger partial charge in [-0.25, -0.2) is 0 Å². The van der Waals surface area contributed by atoms with E-state index in [1.165, 1.54) is 173 Å². The van der Waals surface area contributed by atoms with Crippen molar-refractivity contribution in [3.8, 4) is 0 Å². The normalized spacial score (nSPS) is 12.7. The van der Waals surface area contributed by atoms with Crippen molar-refractivity contribution in [2.24, 2.45) is 0 Å². The molecule has 1 atom stereocenters. The average Bonchev–Trinajstić information content (AvgIpc) is 3.44. The Hall–Kier alpha value is -3.67. The highest BCUT2D eigenvalue weighted by atomic mass is 16.6. The maximum Gasteiger partial charge on any atom is 0.306 e. The molecule has 0 aromatic rings. The van der Waals surface area contributed by atoms with Crippen molar-refractivity contribution in [3.63, 3.8) is 0 Å². The van der Waals surface area contributed by atoms with Gasteiger partial charge in [0, 0.05) is 19.3 Å². The van der Waals surface area contributed by atoms with Crippen LogP contribution < -0.4 is 0 Å². The van der Waals surface area contributed by atoms with E-state index in [-0.39, 0.29) is 31.1 Å². The van der Waals surface area contributed by atoms with Crippen molar-refractivity contribution in [1.29, 1.82) is 0 Å². The smallest absolute Gasteiger partial charge is 0.306 e. The molecule has 0 saturated heterocycles. The zero-order chi connectivity index (χ0) is 56.4. The zero-order valence-electron chi connectivity index (χ0n) is 51.4. The molecule has 0 bridgehead atoms. The van der Waals surface area contributed by atoms with Gasteiger partial charge in [-0.3, -0.25) is 14.4 Å². The van der Waals surface area contributed by atoms with E-state index in [1.54, 1.807) is 0 Å². The molecular formula is C72H124O6. The van der Waals surface area contributed by atoms with E-state index >= 15 is 0 Å². The number of rotatable bonds is 60. The molecule has 0 N–H and O–H groups in total. The molecule has 78 heavy (non-hydrogen) atoms. The Balaban J connectivity index is 4.14. The molecule has 0 aromatic carbocycles. The molecule has 0 spiro atoms. The van der Waals surface area contributed by atoms with Gasteiger partial charge in [-0.2, -0.15) is 0 Å². The molecule has 0 aliphatic heterocycles. The first-order valence-electron chi connectivity index (χ1n) is 33.2. The fourth-order valence-corrected chi connectivity index (χ4v) is 9.36. The Morgan fingerprint density at radius 2 is 0.500 bits per heavy atom. The summed E-state index contributed by atoms with van der Waals surface area (Å²) < 4.78 is 16.9. The van der Waals surface area contributed by atoms with Crippen molar-refractivity contribution < 1.29 is 28.6 Å². The highest BCUT2D eigenvalue weighted by Crippen LogP contribution is 2.17. The zero-order valence-corrected chi connectivity index (χ0v) is 51.4. The fourth-order valence-electron chi connectivity index (χ4n) is 9.36. The number of carbonyl (C=O) groups excluding carboxylic acids is 3. The molecule has 448 valence electrons. The van der Waals surface area contributed by atoms with E-state index in [4.69, 9.17) is 14.2 Å². The van der Waals surface area contributed by atoms with Gasteiger partial charge < -0.3 is 14.2 Å². The molecule has 0 heterocycles. The first-order valence-corrected chi connectivity index (χ1v) is 33.2. The van der Waals surface area contributed by atoms with E-state index in [0.717, 1.165) is 109 Å². The Morgan fingerprint density at radius 3 is 0.808 bits per heavy atom. The molecule has 0 radical (unpaired) electrons. The molecule has 0 amide bonds. The summed E-state index contributed by atoms with van der Waals surface area (Å²) in [7, 11) is 0. The Kier molecular flexibility index (Phi) is 62.7. The highest BCUT2D eigenvalue weighted by molar-refractivity contribution is 5.71. The molecule has 6 nitrogen and oxygen atoms in total. The molecule has 0 fully saturated rings. The summed E-state index contributed by atoms with van der Waals surface area (Å²) in [6, 6.07) is 0. The molecule has 0 aliphatic carbocycles. The third-order valence-corrected chi connectivity index (χ3v) is 14.3. The minimum absolute atomic E-state index is 0.0765. The second-order valence-electron chi connectivity index (χ2n) is 22.0. The fraction of sp³-hybridized carbons (Fsp3) is 0.736. The van der Waals surface area contributed by atoms with Gasteiger partial charge in [0.1, 0.15) is 13.2 Å². The lowest BCUT2D eigenvalue weighted by Gasteiger charge is -2.18. The lowest BCUT2D eigenvalue weighted by atomic mass is 10.0. The second-order valence-corrected chi connectivity index (χ2v) is 22.0. The molecule has 0 aliphatic rings. The third-order valence-electron chi connectivity index (χ3n) is 14.3. The standard InChI is InChI=1S/C72H124O6/c1-4-7-10-13-16-19-22-24-26-28-29-30-31-32-33-34-35-36-37-38-39-40-41-42-43-45-46-48-50-53-56-59-62-65-71(74)77-68-69(67-76-70(73)64-61-58-55-52-21-18-15-12-9-6-3)78-72(75)66-63-60-57-54-51-49-47-44-27-25-23-20-17-14-11-8-5-2/h7,10,16-17,19-20,24-27,29-30,32-33,35-36,69H,4-6,8-9,11-15,18,21-23,28,31,34,37-68H2,1-3H3/b10-7-,19-16-,20-17-,26-24-,27-25-,30-29-,33-32-,36-35-. The molecule has 0 rings (SSSR count). The van der Waals surface area contributed by atoms with Crippen LogP contribution in [-0.4, -0.2) is 37.2 Å². The predicted molar refractivity (Wildman–Crippen MR) is 339 cm³/mol. The first-order chi connectivity index (χ1) is 38.5. The maximum absolute atomic E-state index is 12.9. The molecular weight excluding hydrogens is 961 g/mol. The lowest BCUT2D eigenvalue weighted by Crippen LogP contribution is -2.30. The largest absolute Gasteiger partial charge is 0.462 e. The van der Waals surface area contributed by atoms with Crippen molar-refractivity contribution in [2.75, 3.05) is 13.2 Å². The van der Waals surface area contributed by atoms with Gasteiger partial charge in [0.2, 0.25) is 0 Å². The lowest BCUT2D eigenvalue weighted by molar-refractivity contribution is -0.167. The predicted octanol–water partition coefficient (Wildman–Crippen LogP) is 22.8. The van der Waals surface area contributed by atoms with Crippen molar-refractivity contribution in [1.82, 2.24) is 0 Å². The van der Waals surface area contributed by atoms with Gasteiger partial charge in [0.15, 0.2) is 6.10 Å². The summed E-state index contributed by atoms with van der Waals surface area (Å²) in [5.74, 6) is -0.875. The van der Waals surface area contributed by atoms with Crippen LogP contribution in [0.1, 0.15) is 323 Å². The summed E-state index contributed by atoms with van der Waals surface area (Å²) in [6.07, 6.45) is 88.6. The number of hydrogen-bond donors (Lipinski definition) is 0. The summed E-state index contributed by atoms with van der Waals surface area (Å²) in [4.78, 5) is 38.2. The van der Waals surface area contributed by atoms with Crippen LogP contribution in [0.15, 0.2) is 97.2 Å². The van der Waals surface area contributed by atoms with Gasteiger partial charge >= 0.3 is 17.9 Å².